The van der Waals surface area contributed by atoms with Crippen LogP contribution in [0.4, 0.5) is 13.2 Å². The third kappa shape index (κ3) is 4.29. The van der Waals surface area contributed by atoms with Crippen molar-refractivity contribution in [1.29, 1.82) is 0 Å². The molecule has 0 aliphatic rings. The van der Waals surface area contributed by atoms with Crippen molar-refractivity contribution in [1.82, 2.24) is 15.5 Å². The molecular formula is C11H18F3N3O. The van der Waals surface area contributed by atoms with Crippen molar-refractivity contribution in [2.45, 2.75) is 51.7 Å². The van der Waals surface area contributed by atoms with E-state index in [1.54, 1.807) is 0 Å². The smallest absolute Gasteiger partial charge is 0.339 e. The van der Waals surface area contributed by atoms with Gasteiger partial charge in [0.15, 0.2) is 5.82 Å². The summed E-state index contributed by atoms with van der Waals surface area (Å²) in [4.78, 5) is 3.81. The van der Waals surface area contributed by atoms with Gasteiger partial charge in [-0.3, -0.25) is 0 Å². The maximum Gasteiger partial charge on any atom is 0.396 e. The van der Waals surface area contributed by atoms with Crippen LogP contribution in [-0.4, -0.2) is 28.9 Å². The van der Waals surface area contributed by atoms with Crippen molar-refractivity contribution in [2.75, 3.05) is 6.54 Å². The molecule has 104 valence electrons. The van der Waals surface area contributed by atoms with E-state index in [1.165, 1.54) is 0 Å². The fraction of sp³-hybridized carbons (Fsp3) is 0.818. The summed E-state index contributed by atoms with van der Waals surface area (Å²) >= 11 is 0. The quantitative estimate of drug-likeness (QED) is 0.859. The van der Waals surface area contributed by atoms with Gasteiger partial charge in [0.2, 0.25) is 5.89 Å². The highest BCUT2D eigenvalue weighted by Crippen LogP contribution is 2.23. The Labute approximate surface area is 104 Å². The Kier molecular flexibility index (Phi) is 5.13. The number of hydrogen-bond acceptors (Lipinski definition) is 4. The highest BCUT2D eigenvalue weighted by molar-refractivity contribution is 4.98. The average molecular weight is 265 g/mol. The van der Waals surface area contributed by atoms with Gasteiger partial charge in [0, 0.05) is 6.04 Å². The predicted molar refractivity (Wildman–Crippen MR) is 60.2 cm³/mol. The zero-order valence-corrected chi connectivity index (χ0v) is 10.7. The lowest BCUT2D eigenvalue weighted by molar-refractivity contribution is -0.128. The zero-order chi connectivity index (χ0) is 13.8. The molecule has 1 N–H and O–H groups in total. The molecule has 7 heteroatoms. The molecule has 2 unspecified atom stereocenters. The van der Waals surface area contributed by atoms with Crippen LogP contribution < -0.4 is 5.32 Å². The Hall–Kier alpha value is -1.11. The number of hydrogen-bond donors (Lipinski definition) is 1. The summed E-state index contributed by atoms with van der Waals surface area (Å²) in [6.45, 7) is 6.61. The molecule has 0 saturated heterocycles. The Bertz CT molecular complexity index is 365. The van der Waals surface area contributed by atoms with Crippen molar-refractivity contribution in [3.63, 3.8) is 0 Å². The first-order valence-corrected chi connectivity index (χ1v) is 6.00. The summed E-state index contributed by atoms with van der Waals surface area (Å²) in [5.74, 6) is -0.165. The van der Waals surface area contributed by atoms with Gasteiger partial charge in [0.25, 0.3) is 0 Å². The highest BCUT2D eigenvalue weighted by Gasteiger charge is 2.31. The van der Waals surface area contributed by atoms with Crippen molar-refractivity contribution >= 4 is 0 Å². The maximum absolute atomic E-state index is 12.2. The van der Waals surface area contributed by atoms with Gasteiger partial charge in [-0.1, -0.05) is 25.9 Å². The number of rotatable bonds is 6. The summed E-state index contributed by atoms with van der Waals surface area (Å²) in [6.07, 6.45) is -4.62. The molecular weight excluding hydrogens is 247 g/mol. The molecule has 0 radical (unpaired) electrons. The molecule has 0 aliphatic heterocycles. The van der Waals surface area contributed by atoms with E-state index in [1.807, 2.05) is 20.8 Å². The first-order valence-electron chi connectivity index (χ1n) is 6.00. The first-order chi connectivity index (χ1) is 8.37. The van der Waals surface area contributed by atoms with Gasteiger partial charge in [0.1, 0.15) is 6.42 Å². The second-order valence-electron chi connectivity index (χ2n) is 4.20. The summed E-state index contributed by atoms with van der Waals surface area (Å²) in [7, 11) is 0. The number of likely N-dealkylation sites (N-methyl/N-ethyl adjacent to an activating group) is 1. The van der Waals surface area contributed by atoms with Gasteiger partial charge in [0.05, 0.1) is 5.92 Å². The molecule has 0 aromatic carbocycles. The fourth-order valence-electron chi connectivity index (χ4n) is 1.81. The largest absolute Gasteiger partial charge is 0.396 e. The van der Waals surface area contributed by atoms with Gasteiger partial charge in [-0.25, -0.2) is 0 Å². The molecule has 1 rings (SSSR count). The standard InChI is InChI=1S/C11H18F3N3O/c1-4-8(15-5-2)7(3)10-16-9(17-18-10)6-11(12,13)14/h7-8,15H,4-6H2,1-3H3. The van der Waals surface area contributed by atoms with E-state index in [0.29, 0.717) is 0 Å². The van der Waals surface area contributed by atoms with E-state index in [9.17, 15) is 13.2 Å². The molecule has 0 saturated carbocycles. The minimum Gasteiger partial charge on any atom is -0.339 e. The second kappa shape index (κ2) is 6.17. The van der Waals surface area contributed by atoms with Gasteiger partial charge in [-0.2, -0.15) is 18.2 Å². The van der Waals surface area contributed by atoms with Gasteiger partial charge >= 0.3 is 6.18 Å². The Morgan fingerprint density at radius 3 is 2.50 bits per heavy atom. The topological polar surface area (TPSA) is 51.0 Å². The predicted octanol–water partition coefficient (Wildman–Crippen LogP) is 2.67. The second-order valence-corrected chi connectivity index (χ2v) is 4.20. The van der Waals surface area contributed by atoms with Gasteiger partial charge in [-0.05, 0) is 13.0 Å². The minimum absolute atomic E-state index is 0.107. The fourth-order valence-corrected chi connectivity index (χ4v) is 1.81. The molecule has 0 aliphatic carbocycles. The van der Waals surface area contributed by atoms with Crippen LogP contribution in [0.15, 0.2) is 4.52 Å². The zero-order valence-electron chi connectivity index (χ0n) is 10.7. The Morgan fingerprint density at radius 1 is 1.33 bits per heavy atom. The van der Waals surface area contributed by atoms with Crippen molar-refractivity contribution in [3.05, 3.63) is 11.7 Å². The normalized spacial score (nSPS) is 15.7. The number of aromatic nitrogens is 2. The van der Waals surface area contributed by atoms with E-state index < -0.39 is 12.6 Å². The lowest BCUT2D eigenvalue weighted by Gasteiger charge is -2.20. The van der Waals surface area contributed by atoms with Crippen LogP contribution in [0, 0.1) is 0 Å². The summed E-state index contributed by atoms with van der Waals surface area (Å²) in [6, 6.07) is 0.120. The summed E-state index contributed by atoms with van der Waals surface area (Å²) in [5, 5.41) is 6.60. The van der Waals surface area contributed by atoms with Crippen molar-refractivity contribution in [2.24, 2.45) is 0 Å². The number of halogens is 3. The first kappa shape index (κ1) is 14.9. The third-order valence-corrected chi connectivity index (χ3v) is 2.74. The molecule has 1 aromatic heterocycles. The van der Waals surface area contributed by atoms with Crippen LogP contribution >= 0.6 is 0 Å². The van der Waals surface area contributed by atoms with E-state index in [0.717, 1.165) is 13.0 Å². The molecule has 18 heavy (non-hydrogen) atoms. The van der Waals surface area contributed by atoms with Crippen LogP contribution in [0.25, 0.3) is 0 Å². The number of alkyl halides is 3. The van der Waals surface area contributed by atoms with Crippen molar-refractivity contribution in [3.8, 4) is 0 Å². The van der Waals surface area contributed by atoms with Crippen LogP contribution in [0.2, 0.25) is 0 Å². The minimum atomic E-state index is -4.31. The lowest BCUT2D eigenvalue weighted by Crippen LogP contribution is -2.33. The number of nitrogens with one attached hydrogen (secondary N) is 1. The van der Waals surface area contributed by atoms with Crippen LogP contribution in [0.5, 0.6) is 0 Å². The lowest BCUT2D eigenvalue weighted by atomic mass is 9.99. The van der Waals surface area contributed by atoms with Crippen LogP contribution in [0.1, 0.15) is 44.8 Å². The third-order valence-electron chi connectivity index (χ3n) is 2.74. The Morgan fingerprint density at radius 2 is 2.00 bits per heavy atom. The van der Waals surface area contributed by atoms with Crippen molar-refractivity contribution < 1.29 is 17.7 Å². The molecule has 4 nitrogen and oxygen atoms in total. The van der Waals surface area contributed by atoms with E-state index in [-0.39, 0.29) is 23.7 Å². The van der Waals surface area contributed by atoms with E-state index in [4.69, 9.17) is 4.52 Å². The van der Waals surface area contributed by atoms with E-state index >= 15 is 0 Å². The maximum atomic E-state index is 12.2. The van der Waals surface area contributed by atoms with Crippen LogP contribution in [-0.2, 0) is 6.42 Å². The molecule has 1 aromatic rings. The molecule has 2 atom stereocenters. The highest BCUT2D eigenvalue weighted by atomic mass is 19.4. The van der Waals surface area contributed by atoms with Crippen LogP contribution in [0.3, 0.4) is 0 Å². The van der Waals surface area contributed by atoms with Gasteiger partial charge < -0.3 is 9.84 Å². The Balaban J connectivity index is 2.72. The summed E-state index contributed by atoms with van der Waals surface area (Å²) < 4.78 is 41.4. The summed E-state index contributed by atoms with van der Waals surface area (Å²) in [5.41, 5.74) is 0. The van der Waals surface area contributed by atoms with E-state index in [2.05, 4.69) is 15.5 Å². The SMILES string of the molecule is CCNC(CC)C(C)c1nc(CC(F)(F)F)no1. The number of nitrogens with zero attached hydrogens (tertiary/aromatic N) is 2. The molecule has 0 amide bonds. The molecule has 0 spiro atoms. The molecule has 0 bridgehead atoms. The molecule has 1 heterocycles. The monoisotopic (exact) mass is 265 g/mol. The van der Waals surface area contributed by atoms with Gasteiger partial charge in [-0.15, -0.1) is 0 Å². The molecule has 0 fully saturated rings. The average Bonchev–Trinajstić information content (AvgIpc) is 2.70.